The Bertz CT molecular complexity index is 982. The van der Waals surface area contributed by atoms with Crippen LogP contribution in [0.3, 0.4) is 0 Å². The predicted molar refractivity (Wildman–Crippen MR) is 98.0 cm³/mol. The van der Waals surface area contributed by atoms with Gasteiger partial charge in [-0.2, -0.15) is 0 Å². The minimum Gasteiger partial charge on any atom is -0.256 e. The largest absolute Gasteiger partial charge is 0.256 e. The Morgan fingerprint density at radius 1 is 1.00 bits per heavy atom. The molecule has 0 spiro atoms. The van der Waals surface area contributed by atoms with Crippen molar-refractivity contribution in [1.82, 2.24) is 4.98 Å². The number of aromatic nitrogens is 1. The fraction of sp³-hybridized carbons (Fsp3) is 0.105. The van der Waals surface area contributed by atoms with Crippen LogP contribution in [0.1, 0.15) is 5.56 Å². The molecule has 3 aromatic rings. The Labute approximate surface area is 146 Å². The van der Waals surface area contributed by atoms with Crippen LogP contribution in [0.25, 0.3) is 22.4 Å². The molecule has 0 saturated heterocycles. The number of hydrogen-bond acceptors (Lipinski definition) is 3. The van der Waals surface area contributed by atoms with Gasteiger partial charge in [0, 0.05) is 28.6 Å². The van der Waals surface area contributed by atoms with Gasteiger partial charge in [0.15, 0.2) is 9.84 Å². The van der Waals surface area contributed by atoms with Gasteiger partial charge in [-0.3, -0.25) is 4.98 Å². The summed E-state index contributed by atoms with van der Waals surface area (Å²) < 4.78 is 24.8. The van der Waals surface area contributed by atoms with Gasteiger partial charge in [-0.15, -0.1) is 0 Å². The van der Waals surface area contributed by atoms with Crippen LogP contribution in [-0.4, -0.2) is 19.7 Å². The molecule has 5 heteroatoms. The molecule has 0 bridgehead atoms. The zero-order chi connectivity index (χ0) is 17.3. The summed E-state index contributed by atoms with van der Waals surface area (Å²) in [7, 11) is -3.41. The SMILES string of the molecule is Cc1cc(-c2ccccn2)c(-c2ccc(Cl)cc2)c(S(C)(=O)=O)c1. The van der Waals surface area contributed by atoms with E-state index in [2.05, 4.69) is 4.98 Å². The minimum absolute atomic E-state index is 0.297. The van der Waals surface area contributed by atoms with Crippen LogP contribution >= 0.6 is 11.6 Å². The first-order chi connectivity index (χ1) is 11.4. The molecule has 0 amide bonds. The van der Waals surface area contributed by atoms with Gasteiger partial charge in [-0.05, 0) is 54.4 Å². The van der Waals surface area contributed by atoms with E-state index < -0.39 is 9.84 Å². The van der Waals surface area contributed by atoms with Crippen LogP contribution < -0.4 is 0 Å². The quantitative estimate of drug-likeness (QED) is 0.677. The number of halogens is 1. The van der Waals surface area contributed by atoms with Gasteiger partial charge in [-0.25, -0.2) is 8.42 Å². The summed E-state index contributed by atoms with van der Waals surface area (Å²) in [5, 5.41) is 0.603. The third-order valence-corrected chi connectivity index (χ3v) is 5.09. The molecule has 0 saturated carbocycles. The molecular weight excluding hydrogens is 342 g/mol. The second kappa shape index (κ2) is 6.38. The number of aryl methyl sites for hydroxylation is 1. The van der Waals surface area contributed by atoms with Gasteiger partial charge in [0.1, 0.15) is 0 Å². The van der Waals surface area contributed by atoms with Gasteiger partial charge in [0.05, 0.1) is 10.6 Å². The van der Waals surface area contributed by atoms with Crippen LogP contribution in [-0.2, 0) is 9.84 Å². The molecule has 1 aromatic heterocycles. The molecule has 24 heavy (non-hydrogen) atoms. The molecule has 0 aliphatic rings. The lowest BCUT2D eigenvalue weighted by molar-refractivity contribution is 0.602. The monoisotopic (exact) mass is 357 g/mol. The van der Waals surface area contributed by atoms with Crippen molar-refractivity contribution < 1.29 is 8.42 Å². The Balaban J connectivity index is 2.41. The molecule has 3 rings (SSSR count). The fourth-order valence-electron chi connectivity index (χ4n) is 2.68. The second-order valence-electron chi connectivity index (χ2n) is 5.68. The smallest absolute Gasteiger partial charge is 0.176 e. The molecule has 0 fully saturated rings. The van der Waals surface area contributed by atoms with Gasteiger partial charge >= 0.3 is 0 Å². The zero-order valence-corrected chi connectivity index (χ0v) is 14.9. The summed E-state index contributed by atoms with van der Waals surface area (Å²) in [6.07, 6.45) is 2.92. The van der Waals surface area contributed by atoms with Gasteiger partial charge in [0.2, 0.25) is 0 Å². The van der Waals surface area contributed by atoms with E-state index in [9.17, 15) is 8.42 Å². The minimum atomic E-state index is -3.41. The molecule has 0 N–H and O–H groups in total. The summed E-state index contributed by atoms with van der Waals surface area (Å²) in [4.78, 5) is 4.69. The van der Waals surface area contributed by atoms with Crippen molar-refractivity contribution in [3.63, 3.8) is 0 Å². The maximum absolute atomic E-state index is 12.4. The fourth-order valence-corrected chi connectivity index (χ4v) is 3.81. The Kier molecular flexibility index (Phi) is 4.43. The van der Waals surface area contributed by atoms with Crippen molar-refractivity contribution in [3.8, 4) is 22.4 Å². The van der Waals surface area contributed by atoms with Crippen molar-refractivity contribution in [2.24, 2.45) is 0 Å². The van der Waals surface area contributed by atoms with Crippen LogP contribution in [0.5, 0.6) is 0 Å². The molecule has 122 valence electrons. The number of sulfone groups is 1. The molecule has 0 unspecified atom stereocenters. The van der Waals surface area contributed by atoms with Crippen molar-refractivity contribution >= 4 is 21.4 Å². The van der Waals surface area contributed by atoms with Crippen LogP contribution in [0, 0.1) is 6.92 Å². The lowest BCUT2D eigenvalue weighted by Crippen LogP contribution is -2.03. The topological polar surface area (TPSA) is 47.0 Å². The van der Waals surface area contributed by atoms with Crippen LogP contribution in [0.4, 0.5) is 0 Å². The summed E-state index contributed by atoms with van der Waals surface area (Å²) >= 11 is 5.98. The molecule has 2 aromatic carbocycles. The van der Waals surface area contributed by atoms with E-state index in [1.807, 2.05) is 43.3 Å². The van der Waals surface area contributed by atoms with Gasteiger partial charge in [-0.1, -0.05) is 29.8 Å². The van der Waals surface area contributed by atoms with Crippen molar-refractivity contribution in [1.29, 1.82) is 0 Å². The first-order valence-corrected chi connectivity index (χ1v) is 9.65. The predicted octanol–water partition coefficient (Wildman–Crippen LogP) is 4.78. The molecule has 3 nitrogen and oxygen atoms in total. The number of nitrogens with zero attached hydrogens (tertiary/aromatic N) is 1. The highest BCUT2D eigenvalue weighted by Crippen LogP contribution is 2.37. The maximum atomic E-state index is 12.4. The number of rotatable bonds is 3. The van der Waals surface area contributed by atoms with E-state index in [-0.39, 0.29) is 0 Å². The molecule has 0 atom stereocenters. The first-order valence-electron chi connectivity index (χ1n) is 7.38. The van der Waals surface area contributed by atoms with Crippen LogP contribution in [0.2, 0.25) is 5.02 Å². The number of benzene rings is 2. The molecular formula is C19H16ClNO2S. The highest BCUT2D eigenvalue weighted by atomic mass is 35.5. The van der Waals surface area contributed by atoms with Crippen LogP contribution in [0.15, 0.2) is 65.7 Å². The summed E-state index contributed by atoms with van der Waals surface area (Å²) in [5.41, 5.74) is 3.84. The average Bonchev–Trinajstić information content (AvgIpc) is 2.55. The summed E-state index contributed by atoms with van der Waals surface area (Å²) in [6, 6.07) is 16.4. The molecule has 1 heterocycles. The number of hydrogen-bond donors (Lipinski definition) is 0. The highest BCUT2D eigenvalue weighted by Gasteiger charge is 2.20. The average molecular weight is 358 g/mol. The Morgan fingerprint density at radius 3 is 2.29 bits per heavy atom. The van der Waals surface area contributed by atoms with E-state index >= 15 is 0 Å². The third kappa shape index (κ3) is 3.35. The van der Waals surface area contributed by atoms with E-state index in [1.54, 1.807) is 24.4 Å². The zero-order valence-electron chi connectivity index (χ0n) is 13.3. The van der Waals surface area contributed by atoms with E-state index in [4.69, 9.17) is 11.6 Å². The van der Waals surface area contributed by atoms with E-state index in [1.165, 1.54) is 6.26 Å². The summed E-state index contributed by atoms with van der Waals surface area (Å²) in [6.45, 7) is 1.88. The Morgan fingerprint density at radius 2 is 1.71 bits per heavy atom. The molecule has 0 aliphatic carbocycles. The molecule has 0 radical (unpaired) electrons. The van der Waals surface area contributed by atoms with Crippen molar-refractivity contribution in [2.45, 2.75) is 11.8 Å². The standard InChI is InChI=1S/C19H16ClNO2S/c1-13-11-16(17-5-3-4-10-21-17)19(18(12-13)24(2,22)23)14-6-8-15(20)9-7-14/h3-12H,1-2H3. The highest BCUT2D eigenvalue weighted by molar-refractivity contribution is 7.90. The van der Waals surface area contributed by atoms with Crippen molar-refractivity contribution in [3.05, 3.63) is 71.4 Å². The Hall–Kier alpha value is -2.17. The van der Waals surface area contributed by atoms with E-state index in [0.29, 0.717) is 15.5 Å². The third-order valence-electron chi connectivity index (χ3n) is 3.72. The normalized spacial score (nSPS) is 11.5. The second-order valence-corrected chi connectivity index (χ2v) is 8.10. The number of pyridine rings is 1. The summed E-state index contributed by atoms with van der Waals surface area (Å²) in [5.74, 6) is 0. The van der Waals surface area contributed by atoms with Gasteiger partial charge in [0.25, 0.3) is 0 Å². The van der Waals surface area contributed by atoms with Crippen molar-refractivity contribution in [2.75, 3.05) is 6.26 Å². The first kappa shape index (κ1) is 16.7. The van der Waals surface area contributed by atoms with E-state index in [0.717, 1.165) is 22.4 Å². The lowest BCUT2D eigenvalue weighted by Gasteiger charge is -2.15. The van der Waals surface area contributed by atoms with Gasteiger partial charge < -0.3 is 0 Å². The maximum Gasteiger partial charge on any atom is 0.176 e. The lowest BCUT2D eigenvalue weighted by atomic mass is 9.95. The molecule has 0 aliphatic heterocycles.